The molecule has 0 saturated carbocycles. The first-order valence-electron chi connectivity index (χ1n) is 7.62. The minimum absolute atomic E-state index is 0.363. The van der Waals surface area contributed by atoms with Crippen molar-refractivity contribution in [2.75, 3.05) is 5.32 Å². The second-order valence-electron chi connectivity index (χ2n) is 5.19. The molecule has 0 aliphatic carbocycles. The van der Waals surface area contributed by atoms with Gasteiger partial charge in [0.15, 0.2) is 0 Å². The monoisotopic (exact) mass is 367 g/mol. The van der Waals surface area contributed by atoms with Crippen LogP contribution in [0.3, 0.4) is 0 Å². The summed E-state index contributed by atoms with van der Waals surface area (Å²) in [6.07, 6.45) is 3.22. The van der Waals surface area contributed by atoms with E-state index in [4.69, 9.17) is 11.6 Å². The van der Waals surface area contributed by atoms with Gasteiger partial charge in [-0.25, -0.2) is 9.97 Å². The average Bonchev–Trinajstić information content (AvgIpc) is 2.67. The summed E-state index contributed by atoms with van der Waals surface area (Å²) in [5.41, 5.74) is 6.12. The summed E-state index contributed by atoms with van der Waals surface area (Å²) in [5, 5.41) is 3.52. The zero-order valence-corrected chi connectivity index (χ0v) is 14.2. The Morgan fingerprint density at radius 1 is 0.808 bits per heavy atom. The molecule has 3 rings (SSSR count). The molecule has 0 radical (unpaired) electrons. The van der Waals surface area contributed by atoms with Gasteiger partial charge in [0.2, 0.25) is 5.95 Å². The minimum Gasteiger partial charge on any atom is -0.324 e. The van der Waals surface area contributed by atoms with E-state index in [9.17, 15) is 9.59 Å². The number of carbonyl (C=O) groups excluding carboxylic acids is 2. The Hall–Kier alpha value is -3.45. The first-order chi connectivity index (χ1) is 12.6. The number of nitrogens with one attached hydrogen (secondary N) is 3. The van der Waals surface area contributed by atoms with Gasteiger partial charge in [-0.1, -0.05) is 17.7 Å². The predicted octanol–water partition coefficient (Wildman–Crippen LogP) is 2.95. The first-order valence-corrected chi connectivity index (χ1v) is 8.00. The van der Waals surface area contributed by atoms with Crippen molar-refractivity contribution in [2.24, 2.45) is 0 Å². The van der Waals surface area contributed by atoms with Gasteiger partial charge in [0, 0.05) is 34.2 Å². The molecule has 7 nitrogen and oxygen atoms in total. The van der Waals surface area contributed by atoms with Gasteiger partial charge in [-0.05, 0) is 48.5 Å². The minimum atomic E-state index is -0.454. The van der Waals surface area contributed by atoms with Crippen molar-refractivity contribution >= 4 is 35.1 Å². The van der Waals surface area contributed by atoms with Crippen molar-refractivity contribution < 1.29 is 9.59 Å². The van der Waals surface area contributed by atoms with Crippen LogP contribution in [0.1, 0.15) is 20.7 Å². The molecule has 0 spiro atoms. The molecule has 130 valence electrons. The Balaban J connectivity index is 1.62. The quantitative estimate of drug-likeness (QED) is 0.616. The third kappa shape index (κ3) is 4.55. The average molecular weight is 368 g/mol. The Morgan fingerprint density at radius 2 is 1.46 bits per heavy atom. The number of amides is 2. The van der Waals surface area contributed by atoms with Gasteiger partial charge in [-0.15, -0.1) is 0 Å². The van der Waals surface area contributed by atoms with Gasteiger partial charge < -0.3 is 5.32 Å². The van der Waals surface area contributed by atoms with Crippen LogP contribution >= 0.6 is 11.6 Å². The molecule has 1 heterocycles. The topological polar surface area (TPSA) is 96.0 Å². The van der Waals surface area contributed by atoms with E-state index in [-0.39, 0.29) is 0 Å². The van der Waals surface area contributed by atoms with Crippen LogP contribution in [0, 0.1) is 0 Å². The molecule has 0 fully saturated rings. The fraction of sp³-hybridized carbons (Fsp3) is 0. The van der Waals surface area contributed by atoms with E-state index in [1.54, 1.807) is 67.0 Å². The molecule has 8 heteroatoms. The highest BCUT2D eigenvalue weighted by atomic mass is 35.5. The van der Waals surface area contributed by atoms with E-state index >= 15 is 0 Å². The van der Waals surface area contributed by atoms with Crippen LogP contribution in [0.5, 0.6) is 0 Å². The summed E-state index contributed by atoms with van der Waals surface area (Å²) in [6.45, 7) is 0. The Morgan fingerprint density at radius 3 is 2.15 bits per heavy atom. The SMILES string of the molecule is O=C(NNC(=O)c1cccc(Nc2ncccn2)c1)c1ccc(Cl)cc1. The van der Waals surface area contributed by atoms with Gasteiger partial charge in [0.05, 0.1) is 0 Å². The number of nitrogens with zero attached hydrogens (tertiary/aromatic N) is 2. The van der Waals surface area contributed by atoms with Crippen LogP contribution in [0.15, 0.2) is 67.0 Å². The molecular weight excluding hydrogens is 354 g/mol. The van der Waals surface area contributed by atoms with Crippen molar-refractivity contribution in [3.05, 3.63) is 83.1 Å². The molecule has 2 amide bonds. The second kappa shape index (κ2) is 8.09. The number of hydrogen-bond donors (Lipinski definition) is 3. The maximum atomic E-state index is 12.2. The van der Waals surface area contributed by atoms with Crippen molar-refractivity contribution in [1.82, 2.24) is 20.8 Å². The Labute approximate surface area is 154 Å². The molecule has 2 aromatic carbocycles. The zero-order valence-electron chi connectivity index (χ0n) is 13.4. The van der Waals surface area contributed by atoms with Gasteiger partial charge >= 0.3 is 0 Å². The molecule has 0 aliphatic heterocycles. The summed E-state index contributed by atoms with van der Waals surface area (Å²) in [6, 6.07) is 14.8. The molecule has 0 unspecified atom stereocenters. The van der Waals surface area contributed by atoms with Gasteiger partial charge in [-0.3, -0.25) is 20.4 Å². The lowest BCUT2D eigenvalue weighted by Gasteiger charge is -2.09. The van der Waals surface area contributed by atoms with E-state index in [0.29, 0.717) is 27.8 Å². The van der Waals surface area contributed by atoms with Crippen LogP contribution < -0.4 is 16.2 Å². The smallest absolute Gasteiger partial charge is 0.269 e. The van der Waals surface area contributed by atoms with Crippen LogP contribution in [0.4, 0.5) is 11.6 Å². The standard InChI is InChI=1S/C18H14ClN5O2/c19-14-7-5-12(6-8-14)16(25)23-24-17(26)13-3-1-4-15(11-13)22-18-20-9-2-10-21-18/h1-11H,(H,23,25)(H,24,26)(H,20,21,22). The fourth-order valence-electron chi connectivity index (χ4n) is 2.09. The number of aromatic nitrogens is 2. The predicted molar refractivity (Wildman–Crippen MR) is 98.1 cm³/mol. The number of anilines is 2. The lowest BCUT2D eigenvalue weighted by Crippen LogP contribution is -2.41. The summed E-state index contributed by atoms with van der Waals surface area (Å²) in [7, 11) is 0. The van der Waals surface area contributed by atoms with Gasteiger partial charge in [0.25, 0.3) is 11.8 Å². The maximum absolute atomic E-state index is 12.2. The highest BCUT2D eigenvalue weighted by Gasteiger charge is 2.10. The molecule has 0 atom stereocenters. The third-order valence-corrected chi connectivity index (χ3v) is 3.59. The highest BCUT2D eigenvalue weighted by Crippen LogP contribution is 2.14. The van der Waals surface area contributed by atoms with Crippen molar-refractivity contribution in [2.45, 2.75) is 0 Å². The van der Waals surface area contributed by atoms with Crippen molar-refractivity contribution in [3.63, 3.8) is 0 Å². The number of benzene rings is 2. The molecule has 0 bridgehead atoms. The lowest BCUT2D eigenvalue weighted by molar-refractivity contribution is 0.0846. The van der Waals surface area contributed by atoms with E-state index in [1.807, 2.05) is 0 Å². The maximum Gasteiger partial charge on any atom is 0.269 e. The molecule has 3 N–H and O–H groups in total. The van der Waals surface area contributed by atoms with Gasteiger partial charge in [0.1, 0.15) is 0 Å². The zero-order chi connectivity index (χ0) is 18.4. The molecule has 0 saturated heterocycles. The summed E-state index contributed by atoms with van der Waals surface area (Å²) < 4.78 is 0. The van der Waals surface area contributed by atoms with Crippen molar-refractivity contribution in [3.8, 4) is 0 Å². The molecule has 1 aromatic heterocycles. The molecule has 0 aliphatic rings. The lowest BCUT2D eigenvalue weighted by atomic mass is 10.2. The van der Waals surface area contributed by atoms with Crippen LogP contribution in [-0.2, 0) is 0 Å². The van der Waals surface area contributed by atoms with E-state index in [2.05, 4.69) is 26.1 Å². The van der Waals surface area contributed by atoms with E-state index in [0.717, 1.165) is 0 Å². The number of rotatable bonds is 4. The Kier molecular flexibility index (Phi) is 5.40. The number of hydrazine groups is 1. The molecule has 26 heavy (non-hydrogen) atoms. The molecule has 3 aromatic rings. The first kappa shape index (κ1) is 17.4. The highest BCUT2D eigenvalue weighted by molar-refractivity contribution is 6.30. The largest absolute Gasteiger partial charge is 0.324 e. The molecular formula is C18H14ClN5O2. The number of carbonyl (C=O) groups is 2. The summed E-state index contributed by atoms with van der Waals surface area (Å²) in [5.74, 6) is -0.479. The third-order valence-electron chi connectivity index (χ3n) is 3.34. The Bertz CT molecular complexity index is 916. The number of halogens is 1. The van der Waals surface area contributed by atoms with Crippen LogP contribution in [0.25, 0.3) is 0 Å². The van der Waals surface area contributed by atoms with Gasteiger partial charge in [-0.2, -0.15) is 0 Å². The second-order valence-corrected chi connectivity index (χ2v) is 5.63. The van der Waals surface area contributed by atoms with Crippen LogP contribution in [-0.4, -0.2) is 21.8 Å². The van der Waals surface area contributed by atoms with Crippen LogP contribution in [0.2, 0.25) is 5.02 Å². The van der Waals surface area contributed by atoms with E-state index < -0.39 is 11.8 Å². The normalized spacial score (nSPS) is 10.0. The van der Waals surface area contributed by atoms with E-state index in [1.165, 1.54) is 0 Å². The summed E-state index contributed by atoms with van der Waals surface area (Å²) >= 11 is 5.78. The fourth-order valence-corrected chi connectivity index (χ4v) is 2.22. The summed E-state index contributed by atoms with van der Waals surface area (Å²) in [4.78, 5) is 32.4. The van der Waals surface area contributed by atoms with Crippen molar-refractivity contribution in [1.29, 1.82) is 0 Å². The number of hydrogen-bond acceptors (Lipinski definition) is 5.